The van der Waals surface area contributed by atoms with E-state index in [2.05, 4.69) is 5.32 Å². The van der Waals surface area contributed by atoms with Crippen LogP contribution < -0.4 is 10.1 Å². The number of carbonyl (C=O) groups is 3. The van der Waals surface area contributed by atoms with Gasteiger partial charge < -0.3 is 10.1 Å². The Balaban J connectivity index is 1.57. The molecule has 1 heterocycles. The summed E-state index contributed by atoms with van der Waals surface area (Å²) >= 11 is 12.8. The Morgan fingerprint density at radius 3 is 2.70 bits per heavy atom. The third-order valence-corrected chi connectivity index (χ3v) is 5.79. The zero-order chi connectivity index (χ0) is 21.7. The van der Waals surface area contributed by atoms with Crippen molar-refractivity contribution in [3.63, 3.8) is 0 Å². The molecule has 1 saturated heterocycles. The first-order chi connectivity index (χ1) is 14.4. The normalized spacial score (nSPS) is 15.0. The van der Waals surface area contributed by atoms with E-state index < -0.39 is 11.1 Å². The minimum Gasteiger partial charge on any atom is -0.496 e. The van der Waals surface area contributed by atoms with Crippen molar-refractivity contribution in [2.45, 2.75) is 6.42 Å². The predicted octanol–water partition coefficient (Wildman–Crippen LogP) is 4.40. The van der Waals surface area contributed by atoms with Gasteiger partial charge >= 0.3 is 0 Å². The molecule has 2 aromatic rings. The first kappa shape index (κ1) is 22.2. The molecule has 0 saturated carbocycles. The lowest BCUT2D eigenvalue weighted by Crippen LogP contribution is -2.37. The topological polar surface area (TPSA) is 75.7 Å². The number of rotatable bonds is 7. The highest BCUT2D eigenvalue weighted by atomic mass is 35.5. The van der Waals surface area contributed by atoms with Crippen LogP contribution in [0, 0.1) is 0 Å². The van der Waals surface area contributed by atoms with Gasteiger partial charge in [-0.1, -0.05) is 47.5 Å². The highest BCUT2D eigenvalue weighted by molar-refractivity contribution is 8.18. The second-order valence-corrected chi connectivity index (χ2v) is 8.17. The maximum Gasteiger partial charge on any atom is 0.293 e. The molecule has 30 heavy (non-hydrogen) atoms. The fourth-order valence-electron chi connectivity index (χ4n) is 2.84. The minimum absolute atomic E-state index is 0.0774. The third kappa shape index (κ3) is 5.36. The maximum atomic E-state index is 12.6. The zero-order valence-corrected chi connectivity index (χ0v) is 18.3. The Bertz CT molecular complexity index is 1030. The van der Waals surface area contributed by atoms with Gasteiger partial charge in [-0.05, 0) is 41.6 Å². The largest absolute Gasteiger partial charge is 0.496 e. The van der Waals surface area contributed by atoms with Crippen LogP contribution in [0.4, 0.5) is 4.79 Å². The van der Waals surface area contributed by atoms with Gasteiger partial charge in [0.1, 0.15) is 5.75 Å². The smallest absolute Gasteiger partial charge is 0.293 e. The van der Waals surface area contributed by atoms with Crippen LogP contribution in [-0.4, -0.2) is 42.2 Å². The number of para-hydroxylation sites is 1. The number of amides is 3. The van der Waals surface area contributed by atoms with Gasteiger partial charge in [0, 0.05) is 28.7 Å². The van der Waals surface area contributed by atoms with Crippen molar-refractivity contribution in [3.8, 4) is 5.75 Å². The van der Waals surface area contributed by atoms with Crippen molar-refractivity contribution >= 4 is 58.1 Å². The summed E-state index contributed by atoms with van der Waals surface area (Å²) in [6, 6.07) is 12.1. The Labute approximate surface area is 188 Å². The molecule has 156 valence electrons. The molecule has 1 N–H and O–H groups in total. The van der Waals surface area contributed by atoms with Crippen molar-refractivity contribution in [1.82, 2.24) is 10.2 Å². The van der Waals surface area contributed by atoms with Crippen LogP contribution in [0.2, 0.25) is 10.0 Å². The molecule has 2 aromatic carbocycles. The number of ether oxygens (including phenoxy) is 1. The molecule has 3 amide bonds. The fraction of sp³-hybridized carbons (Fsp3) is 0.190. The average molecular weight is 465 g/mol. The molecule has 0 aromatic heterocycles. The molecule has 0 unspecified atom stereocenters. The van der Waals surface area contributed by atoms with E-state index in [1.54, 1.807) is 37.5 Å². The first-order valence-electron chi connectivity index (χ1n) is 8.98. The highest BCUT2D eigenvalue weighted by Gasteiger charge is 2.34. The van der Waals surface area contributed by atoms with Crippen molar-refractivity contribution in [1.29, 1.82) is 0 Å². The zero-order valence-electron chi connectivity index (χ0n) is 16.0. The number of nitrogens with one attached hydrogen (secondary N) is 1. The summed E-state index contributed by atoms with van der Waals surface area (Å²) < 4.78 is 5.23. The number of hydrogen-bond donors (Lipinski definition) is 1. The minimum atomic E-state index is -0.421. The monoisotopic (exact) mass is 464 g/mol. The van der Waals surface area contributed by atoms with E-state index in [1.165, 1.54) is 0 Å². The number of halogens is 2. The van der Waals surface area contributed by atoms with E-state index in [0.717, 1.165) is 22.2 Å². The maximum absolute atomic E-state index is 12.6. The molecule has 6 nitrogen and oxygen atoms in total. The van der Waals surface area contributed by atoms with Gasteiger partial charge in [0.2, 0.25) is 5.91 Å². The molecule has 0 aliphatic carbocycles. The molecule has 0 radical (unpaired) electrons. The molecule has 0 atom stereocenters. The lowest BCUT2D eigenvalue weighted by Gasteiger charge is -2.13. The van der Waals surface area contributed by atoms with E-state index in [9.17, 15) is 14.4 Å². The van der Waals surface area contributed by atoms with Crippen molar-refractivity contribution in [3.05, 3.63) is 68.5 Å². The Morgan fingerprint density at radius 2 is 1.97 bits per heavy atom. The van der Waals surface area contributed by atoms with E-state index in [1.807, 2.05) is 18.2 Å². The van der Waals surface area contributed by atoms with Crippen molar-refractivity contribution < 1.29 is 19.1 Å². The van der Waals surface area contributed by atoms with Crippen LogP contribution in [0.15, 0.2) is 47.4 Å². The van der Waals surface area contributed by atoms with Crippen molar-refractivity contribution in [2.24, 2.45) is 0 Å². The van der Waals surface area contributed by atoms with E-state index in [0.29, 0.717) is 21.4 Å². The van der Waals surface area contributed by atoms with Crippen LogP contribution in [0.1, 0.15) is 11.1 Å². The van der Waals surface area contributed by atoms with Gasteiger partial charge in [0.05, 0.1) is 18.4 Å². The molecular formula is C21H18Cl2N2O4S. The summed E-state index contributed by atoms with van der Waals surface area (Å²) in [7, 11) is 1.54. The second-order valence-electron chi connectivity index (χ2n) is 6.34. The Kier molecular flexibility index (Phi) is 7.42. The Morgan fingerprint density at radius 1 is 1.20 bits per heavy atom. The van der Waals surface area contributed by atoms with Crippen LogP contribution >= 0.6 is 35.0 Å². The second kappa shape index (κ2) is 10.0. The summed E-state index contributed by atoms with van der Waals surface area (Å²) in [6.07, 6.45) is 1.70. The molecule has 3 rings (SSSR count). The van der Waals surface area contributed by atoms with Gasteiger partial charge in [-0.15, -0.1) is 0 Å². The quantitative estimate of drug-likeness (QED) is 0.614. The summed E-state index contributed by atoms with van der Waals surface area (Å²) in [6.45, 7) is 0.231. The number of nitrogens with zero attached hydrogens (tertiary/aromatic N) is 1. The van der Waals surface area contributed by atoms with Gasteiger partial charge in [-0.2, -0.15) is 0 Å². The fourth-order valence-corrected chi connectivity index (χ4v) is 4.16. The van der Waals surface area contributed by atoms with Gasteiger partial charge in [-0.25, -0.2) is 0 Å². The van der Waals surface area contributed by atoms with E-state index in [4.69, 9.17) is 27.9 Å². The number of imide groups is 1. The van der Waals surface area contributed by atoms with Gasteiger partial charge in [0.15, 0.2) is 0 Å². The summed E-state index contributed by atoms with van der Waals surface area (Å²) in [4.78, 5) is 38.3. The number of hydrogen-bond acceptors (Lipinski definition) is 5. The molecule has 1 aliphatic rings. The third-order valence-electron chi connectivity index (χ3n) is 4.32. The van der Waals surface area contributed by atoms with Crippen LogP contribution in [0.5, 0.6) is 5.75 Å². The van der Waals surface area contributed by atoms with E-state index >= 15 is 0 Å². The standard InChI is InChI=1S/C21H18Cl2N2O4S/c1-29-17-5-3-2-4-14(17)11-19(26)24-8-9-25-20(27)18(30-21(25)28)10-13-6-7-15(22)12-16(13)23/h2-7,10,12H,8-9,11H2,1H3,(H,24,26)/b18-10-. The summed E-state index contributed by atoms with van der Waals surface area (Å²) in [5.41, 5.74) is 1.35. The predicted molar refractivity (Wildman–Crippen MR) is 119 cm³/mol. The molecule has 0 bridgehead atoms. The van der Waals surface area contributed by atoms with Crippen LogP contribution in [-0.2, 0) is 16.0 Å². The molecule has 1 fully saturated rings. The Hall–Kier alpha value is -2.48. The molecule has 0 spiro atoms. The molecule has 9 heteroatoms. The van der Waals surface area contributed by atoms with Gasteiger partial charge in [0.25, 0.3) is 11.1 Å². The van der Waals surface area contributed by atoms with Crippen LogP contribution in [0.25, 0.3) is 6.08 Å². The SMILES string of the molecule is COc1ccccc1CC(=O)NCCN1C(=O)S/C(=C\c2ccc(Cl)cc2Cl)C1=O. The summed E-state index contributed by atoms with van der Waals surface area (Å²) in [5.74, 6) is -0.0189. The molecule has 1 aliphatic heterocycles. The summed E-state index contributed by atoms with van der Waals surface area (Å²) in [5, 5.41) is 3.20. The van der Waals surface area contributed by atoms with Crippen LogP contribution in [0.3, 0.4) is 0 Å². The lowest BCUT2D eigenvalue weighted by molar-refractivity contribution is -0.124. The first-order valence-corrected chi connectivity index (χ1v) is 10.6. The van der Waals surface area contributed by atoms with Crippen molar-refractivity contribution in [2.75, 3.05) is 20.2 Å². The number of carbonyl (C=O) groups excluding carboxylic acids is 3. The number of thioether (sulfide) groups is 1. The average Bonchev–Trinajstić information content (AvgIpc) is 2.98. The number of benzene rings is 2. The lowest BCUT2D eigenvalue weighted by atomic mass is 10.1. The van der Waals surface area contributed by atoms with E-state index in [-0.39, 0.29) is 30.3 Å². The highest BCUT2D eigenvalue weighted by Crippen LogP contribution is 2.33. The molecular weight excluding hydrogens is 447 g/mol. The number of methoxy groups -OCH3 is 1. The van der Waals surface area contributed by atoms with Gasteiger partial charge in [-0.3, -0.25) is 19.3 Å².